The maximum Gasteiger partial charge on any atom is 0.0791 e. The Hall–Kier alpha value is -0.160. The van der Waals surface area contributed by atoms with Crippen molar-refractivity contribution in [3.8, 4) is 0 Å². The summed E-state index contributed by atoms with van der Waals surface area (Å²) in [5.74, 6) is 0. The third-order valence-corrected chi connectivity index (χ3v) is 3.50. The van der Waals surface area contributed by atoms with Crippen LogP contribution in [0.1, 0.15) is 19.8 Å². The number of aliphatic hydroxyl groups excluding tert-OH is 1. The smallest absolute Gasteiger partial charge is 0.0791 e. The average Bonchev–Trinajstić information content (AvgIpc) is 2.68. The standard InChI is InChI=1S/C12H24N2O2/c1-12(9-16-10-12)8-13-6-11(15)7-14-4-2-3-5-14/h11,13,15H,2-10H2,1H3. The van der Waals surface area contributed by atoms with Crippen molar-refractivity contribution in [3.05, 3.63) is 0 Å². The molecule has 94 valence electrons. The molecule has 0 bridgehead atoms. The van der Waals surface area contributed by atoms with Crippen molar-refractivity contribution < 1.29 is 9.84 Å². The highest BCUT2D eigenvalue weighted by molar-refractivity contribution is 4.83. The molecule has 2 rings (SSSR count). The quantitative estimate of drug-likeness (QED) is 0.675. The summed E-state index contributed by atoms with van der Waals surface area (Å²) >= 11 is 0. The minimum atomic E-state index is -0.234. The number of ether oxygens (including phenoxy) is 1. The van der Waals surface area contributed by atoms with Gasteiger partial charge in [0, 0.05) is 25.0 Å². The lowest BCUT2D eigenvalue weighted by atomic mass is 9.89. The summed E-state index contributed by atoms with van der Waals surface area (Å²) in [7, 11) is 0. The molecule has 2 saturated heterocycles. The first-order valence-corrected chi connectivity index (χ1v) is 6.37. The highest BCUT2D eigenvalue weighted by Gasteiger charge is 2.32. The van der Waals surface area contributed by atoms with E-state index >= 15 is 0 Å². The van der Waals surface area contributed by atoms with Crippen LogP contribution in [0, 0.1) is 5.41 Å². The van der Waals surface area contributed by atoms with E-state index in [1.54, 1.807) is 0 Å². The van der Waals surface area contributed by atoms with Gasteiger partial charge in [0.15, 0.2) is 0 Å². The van der Waals surface area contributed by atoms with Crippen molar-refractivity contribution in [3.63, 3.8) is 0 Å². The van der Waals surface area contributed by atoms with Crippen LogP contribution in [0.25, 0.3) is 0 Å². The molecule has 16 heavy (non-hydrogen) atoms. The van der Waals surface area contributed by atoms with Gasteiger partial charge in [-0.2, -0.15) is 0 Å². The molecule has 0 aromatic carbocycles. The Balaban J connectivity index is 1.54. The van der Waals surface area contributed by atoms with Gasteiger partial charge in [0.2, 0.25) is 0 Å². The average molecular weight is 228 g/mol. The molecule has 4 heteroatoms. The van der Waals surface area contributed by atoms with Crippen LogP contribution in [0.2, 0.25) is 0 Å². The van der Waals surface area contributed by atoms with Gasteiger partial charge in [0.05, 0.1) is 19.3 Å². The zero-order valence-corrected chi connectivity index (χ0v) is 10.2. The molecule has 2 N–H and O–H groups in total. The molecule has 0 aromatic rings. The van der Waals surface area contributed by atoms with E-state index in [0.717, 1.165) is 39.4 Å². The van der Waals surface area contributed by atoms with Gasteiger partial charge in [-0.05, 0) is 25.9 Å². The van der Waals surface area contributed by atoms with Crippen LogP contribution in [0.15, 0.2) is 0 Å². The van der Waals surface area contributed by atoms with Crippen LogP contribution < -0.4 is 5.32 Å². The van der Waals surface area contributed by atoms with E-state index in [1.807, 2.05) is 0 Å². The van der Waals surface area contributed by atoms with E-state index in [4.69, 9.17) is 4.74 Å². The third kappa shape index (κ3) is 3.42. The third-order valence-electron chi connectivity index (χ3n) is 3.50. The lowest BCUT2D eigenvalue weighted by Crippen LogP contribution is -2.49. The van der Waals surface area contributed by atoms with Crippen molar-refractivity contribution in [2.75, 3.05) is 45.9 Å². The Morgan fingerprint density at radius 3 is 2.62 bits per heavy atom. The Morgan fingerprint density at radius 2 is 2.06 bits per heavy atom. The molecule has 1 unspecified atom stereocenters. The number of hydrogen-bond donors (Lipinski definition) is 2. The van der Waals surface area contributed by atoms with Crippen molar-refractivity contribution in [2.45, 2.75) is 25.9 Å². The van der Waals surface area contributed by atoms with Crippen LogP contribution >= 0.6 is 0 Å². The predicted molar refractivity (Wildman–Crippen MR) is 63.5 cm³/mol. The second kappa shape index (κ2) is 5.45. The first-order valence-electron chi connectivity index (χ1n) is 6.37. The zero-order chi connectivity index (χ0) is 11.4. The molecule has 0 amide bonds. The van der Waals surface area contributed by atoms with E-state index in [0.29, 0.717) is 12.0 Å². The van der Waals surface area contributed by atoms with Crippen molar-refractivity contribution in [1.82, 2.24) is 10.2 Å². The van der Waals surface area contributed by atoms with E-state index in [2.05, 4.69) is 17.1 Å². The number of nitrogens with zero attached hydrogens (tertiary/aromatic N) is 1. The molecule has 1 atom stereocenters. The van der Waals surface area contributed by atoms with Gasteiger partial charge >= 0.3 is 0 Å². The van der Waals surface area contributed by atoms with Gasteiger partial charge in [0.25, 0.3) is 0 Å². The largest absolute Gasteiger partial charge is 0.390 e. The predicted octanol–water partition coefficient (Wildman–Crippen LogP) is 0.0692. The molecule has 4 nitrogen and oxygen atoms in total. The molecular weight excluding hydrogens is 204 g/mol. The van der Waals surface area contributed by atoms with Crippen molar-refractivity contribution in [1.29, 1.82) is 0 Å². The molecule has 0 spiro atoms. The first kappa shape index (κ1) is 12.3. The number of rotatable bonds is 6. The van der Waals surface area contributed by atoms with E-state index in [-0.39, 0.29) is 6.10 Å². The fourth-order valence-corrected chi connectivity index (χ4v) is 2.42. The summed E-state index contributed by atoms with van der Waals surface area (Å²) in [5, 5.41) is 13.2. The van der Waals surface area contributed by atoms with Crippen molar-refractivity contribution >= 4 is 0 Å². The van der Waals surface area contributed by atoms with Crippen LogP contribution in [0.3, 0.4) is 0 Å². The summed E-state index contributed by atoms with van der Waals surface area (Å²) in [6, 6.07) is 0. The van der Waals surface area contributed by atoms with Gasteiger partial charge in [0.1, 0.15) is 0 Å². The van der Waals surface area contributed by atoms with Gasteiger partial charge in [-0.3, -0.25) is 0 Å². The molecule has 2 aliphatic heterocycles. The number of nitrogens with one attached hydrogen (secondary N) is 1. The topological polar surface area (TPSA) is 44.7 Å². The number of likely N-dealkylation sites (tertiary alicyclic amines) is 1. The fraction of sp³-hybridized carbons (Fsp3) is 1.00. The van der Waals surface area contributed by atoms with Crippen LogP contribution in [0.4, 0.5) is 0 Å². The summed E-state index contributed by atoms with van der Waals surface area (Å²) in [5.41, 5.74) is 0.299. The normalized spacial score (nSPS) is 26.6. The minimum absolute atomic E-state index is 0.234. The molecule has 0 radical (unpaired) electrons. The summed E-state index contributed by atoms with van der Waals surface area (Å²) in [4.78, 5) is 2.35. The maximum atomic E-state index is 9.86. The number of aliphatic hydroxyl groups is 1. The minimum Gasteiger partial charge on any atom is -0.390 e. The lowest BCUT2D eigenvalue weighted by Gasteiger charge is -2.38. The summed E-state index contributed by atoms with van der Waals surface area (Å²) in [6.07, 6.45) is 2.34. The Labute approximate surface area is 98.0 Å². The summed E-state index contributed by atoms with van der Waals surface area (Å²) in [6.45, 7) is 8.70. The molecule has 0 aromatic heterocycles. The Kier molecular flexibility index (Phi) is 4.19. The molecule has 2 heterocycles. The van der Waals surface area contributed by atoms with Gasteiger partial charge in [-0.15, -0.1) is 0 Å². The molecular formula is C12H24N2O2. The monoisotopic (exact) mass is 228 g/mol. The summed E-state index contributed by atoms with van der Waals surface area (Å²) < 4.78 is 5.19. The first-order chi connectivity index (χ1) is 7.68. The Bertz CT molecular complexity index is 213. The fourth-order valence-electron chi connectivity index (χ4n) is 2.42. The van der Waals surface area contributed by atoms with Crippen LogP contribution in [0.5, 0.6) is 0 Å². The molecule has 2 aliphatic rings. The van der Waals surface area contributed by atoms with E-state index in [9.17, 15) is 5.11 Å². The van der Waals surface area contributed by atoms with Crippen LogP contribution in [-0.2, 0) is 4.74 Å². The van der Waals surface area contributed by atoms with Crippen LogP contribution in [-0.4, -0.2) is 62.0 Å². The molecule has 0 saturated carbocycles. The number of hydrogen-bond acceptors (Lipinski definition) is 4. The second-order valence-corrected chi connectivity index (χ2v) is 5.60. The van der Waals surface area contributed by atoms with Crippen molar-refractivity contribution in [2.24, 2.45) is 5.41 Å². The number of β-amino-alcohol motifs (C(OH)–C–C–N with tert-alkyl or cyclic N) is 1. The highest BCUT2D eigenvalue weighted by atomic mass is 16.5. The van der Waals surface area contributed by atoms with Gasteiger partial charge < -0.3 is 20.1 Å². The zero-order valence-electron chi connectivity index (χ0n) is 10.2. The molecule has 2 fully saturated rings. The Morgan fingerprint density at radius 1 is 1.38 bits per heavy atom. The lowest BCUT2D eigenvalue weighted by molar-refractivity contribution is -0.0997. The maximum absolute atomic E-state index is 9.86. The highest BCUT2D eigenvalue weighted by Crippen LogP contribution is 2.24. The second-order valence-electron chi connectivity index (χ2n) is 5.60. The van der Waals surface area contributed by atoms with E-state index < -0.39 is 0 Å². The van der Waals surface area contributed by atoms with Gasteiger partial charge in [-0.1, -0.05) is 6.92 Å². The van der Waals surface area contributed by atoms with Gasteiger partial charge in [-0.25, -0.2) is 0 Å². The van der Waals surface area contributed by atoms with E-state index in [1.165, 1.54) is 12.8 Å². The SMILES string of the molecule is CC1(CNCC(O)CN2CCCC2)COC1. The molecule has 0 aliphatic carbocycles.